The average Bonchev–Trinajstić information content (AvgIpc) is 2.87. The van der Waals surface area contributed by atoms with E-state index in [1.807, 2.05) is 33.8 Å². The van der Waals surface area contributed by atoms with Gasteiger partial charge in [-0.05, 0) is 68.7 Å². The van der Waals surface area contributed by atoms with Gasteiger partial charge < -0.3 is 19.7 Å². The van der Waals surface area contributed by atoms with Gasteiger partial charge in [-0.15, -0.1) is 0 Å². The van der Waals surface area contributed by atoms with Crippen LogP contribution in [0, 0.1) is 0 Å². The van der Waals surface area contributed by atoms with Gasteiger partial charge in [0.25, 0.3) is 0 Å². The fourth-order valence-electron chi connectivity index (χ4n) is 3.82. The summed E-state index contributed by atoms with van der Waals surface area (Å²) < 4.78 is 37.3. The van der Waals surface area contributed by atoms with E-state index in [4.69, 9.17) is 9.47 Å². The molecular weight excluding hydrogens is 494 g/mol. The summed E-state index contributed by atoms with van der Waals surface area (Å²) in [5, 5.41) is 2.95. The minimum absolute atomic E-state index is 0.0632. The Kier molecular flexibility index (Phi) is 11.2. The molecule has 0 unspecified atom stereocenters. The number of rotatable bonds is 14. The number of anilines is 1. The molecule has 2 aromatic rings. The van der Waals surface area contributed by atoms with E-state index in [2.05, 4.69) is 5.32 Å². The standard InChI is InChI=1S/C27H39N3O6S/c1-7-20(4)28-27(32)25(8-2)29(18-21-11-10-12-24(17-21)35-5)26(31)19-30(37(6,33)34)22-13-15-23(16-14-22)36-9-3/h10-17,20,25H,7-9,18-19H2,1-6H3,(H,28,32)/t20-,25+/m0/s1. The lowest BCUT2D eigenvalue weighted by Gasteiger charge is -2.33. The molecule has 0 aliphatic carbocycles. The van der Waals surface area contributed by atoms with E-state index in [-0.39, 0.29) is 18.5 Å². The van der Waals surface area contributed by atoms with E-state index in [1.165, 1.54) is 4.90 Å². The van der Waals surface area contributed by atoms with Crippen molar-refractivity contribution < 1.29 is 27.5 Å². The first kappa shape index (κ1) is 30.0. The Bertz CT molecular complexity index is 1140. The van der Waals surface area contributed by atoms with E-state index >= 15 is 0 Å². The summed E-state index contributed by atoms with van der Waals surface area (Å²) >= 11 is 0. The fourth-order valence-corrected chi connectivity index (χ4v) is 4.67. The highest BCUT2D eigenvalue weighted by molar-refractivity contribution is 7.92. The molecule has 204 valence electrons. The highest BCUT2D eigenvalue weighted by Gasteiger charge is 2.32. The minimum atomic E-state index is -3.81. The predicted molar refractivity (Wildman–Crippen MR) is 145 cm³/mol. The zero-order chi connectivity index (χ0) is 27.6. The molecule has 9 nitrogen and oxygen atoms in total. The first-order valence-corrected chi connectivity index (χ1v) is 14.3. The lowest BCUT2D eigenvalue weighted by Crippen LogP contribution is -2.53. The van der Waals surface area contributed by atoms with Gasteiger partial charge in [0.1, 0.15) is 24.1 Å². The lowest BCUT2D eigenvalue weighted by molar-refractivity contribution is -0.140. The van der Waals surface area contributed by atoms with Crippen LogP contribution < -0.4 is 19.1 Å². The van der Waals surface area contributed by atoms with Crippen LogP contribution in [0.15, 0.2) is 48.5 Å². The van der Waals surface area contributed by atoms with Crippen molar-refractivity contribution in [3.8, 4) is 11.5 Å². The molecule has 0 spiro atoms. The Morgan fingerprint density at radius 2 is 1.68 bits per heavy atom. The summed E-state index contributed by atoms with van der Waals surface area (Å²) in [6.45, 7) is 7.68. The van der Waals surface area contributed by atoms with Crippen molar-refractivity contribution in [2.24, 2.45) is 0 Å². The second-order valence-corrected chi connectivity index (χ2v) is 10.7. The van der Waals surface area contributed by atoms with Crippen molar-refractivity contribution in [2.45, 2.75) is 59.2 Å². The number of nitrogens with one attached hydrogen (secondary N) is 1. The molecule has 0 aliphatic heterocycles. The van der Waals surface area contributed by atoms with E-state index in [0.29, 0.717) is 30.2 Å². The Hall–Kier alpha value is -3.27. The molecular formula is C27H39N3O6S. The number of sulfonamides is 1. The molecule has 2 atom stereocenters. The van der Waals surface area contributed by atoms with Crippen molar-refractivity contribution in [1.29, 1.82) is 0 Å². The van der Waals surface area contributed by atoms with E-state index < -0.39 is 28.5 Å². The van der Waals surface area contributed by atoms with Crippen molar-refractivity contribution in [2.75, 3.05) is 30.8 Å². The van der Waals surface area contributed by atoms with Gasteiger partial charge in [0.15, 0.2) is 0 Å². The van der Waals surface area contributed by atoms with E-state index in [1.54, 1.807) is 49.6 Å². The highest BCUT2D eigenvalue weighted by Crippen LogP contribution is 2.23. The second-order valence-electron chi connectivity index (χ2n) is 8.81. The predicted octanol–water partition coefficient (Wildman–Crippen LogP) is 3.58. The topological polar surface area (TPSA) is 105 Å². The number of methoxy groups -OCH3 is 1. The SMILES string of the molecule is CCOc1ccc(N(CC(=O)N(Cc2cccc(OC)c2)[C@H](CC)C(=O)N[C@@H](C)CC)S(C)(=O)=O)cc1. The van der Waals surface area contributed by atoms with Crippen LogP contribution in [0.1, 0.15) is 46.1 Å². The molecule has 2 amide bonds. The summed E-state index contributed by atoms with van der Waals surface area (Å²) in [4.78, 5) is 28.4. The monoisotopic (exact) mass is 533 g/mol. The zero-order valence-electron chi connectivity index (χ0n) is 22.6. The number of ether oxygens (including phenoxy) is 2. The van der Waals surface area contributed by atoms with Gasteiger partial charge in [0, 0.05) is 12.6 Å². The van der Waals surface area contributed by atoms with Crippen LogP contribution in [0.3, 0.4) is 0 Å². The zero-order valence-corrected chi connectivity index (χ0v) is 23.4. The third-order valence-electron chi connectivity index (χ3n) is 5.99. The molecule has 0 aromatic heterocycles. The number of hydrogen-bond donors (Lipinski definition) is 1. The van der Waals surface area contributed by atoms with Crippen LogP contribution in [-0.2, 0) is 26.2 Å². The molecule has 0 aliphatic rings. The minimum Gasteiger partial charge on any atom is -0.497 e. The van der Waals surface area contributed by atoms with Gasteiger partial charge in [-0.1, -0.05) is 26.0 Å². The van der Waals surface area contributed by atoms with Crippen molar-refractivity contribution in [1.82, 2.24) is 10.2 Å². The Labute approximate surface area is 220 Å². The summed E-state index contributed by atoms with van der Waals surface area (Å²) in [7, 11) is -2.25. The Morgan fingerprint density at radius 3 is 2.22 bits per heavy atom. The summed E-state index contributed by atoms with van der Waals surface area (Å²) in [6.07, 6.45) is 2.15. The Morgan fingerprint density at radius 1 is 1.00 bits per heavy atom. The van der Waals surface area contributed by atoms with Crippen LogP contribution in [-0.4, -0.2) is 63.7 Å². The summed E-state index contributed by atoms with van der Waals surface area (Å²) in [5.74, 6) is 0.445. The molecule has 0 radical (unpaired) electrons. The number of amides is 2. The van der Waals surface area contributed by atoms with Crippen molar-refractivity contribution in [3.63, 3.8) is 0 Å². The molecule has 0 heterocycles. The van der Waals surface area contributed by atoms with Crippen LogP contribution in [0.5, 0.6) is 11.5 Å². The molecule has 10 heteroatoms. The van der Waals surface area contributed by atoms with E-state index in [9.17, 15) is 18.0 Å². The number of carbonyl (C=O) groups is 2. The molecule has 0 saturated carbocycles. The number of carbonyl (C=O) groups excluding carboxylic acids is 2. The summed E-state index contributed by atoms with van der Waals surface area (Å²) in [5.41, 5.74) is 1.09. The van der Waals surface area contributed by atoms with Gasteiger partial charge in [-0.3, -0.25) is 13.9 Å². The lowest BCUT2D eigenvalue weighted by atomic mass is 10.1. The number of nitrogens with zero attached hydrogens (tertiary/aromatic N) is 2. The maximum atomic E-state index is 13.7. The largest absolute Gasteiger partial charge is 0.497 e. The van der Waals surface area contributed by atoms with Gasteiger partial charge in [0.2, 0.25) is 21.8 Å². The molecule has 2 rings (SSSR count). The molecule has 0 saturated heterocycles. The number of benzene rings is 2. The van der Waals surface area contributed by atoms with E-state index in [0.717, 1.165) is 22.5 Å². The Balaban J connectivity index is 2.43. The van der Waals surface area contributed by atoms with Gasteiger partial charge in [0.05, 0.1) is 25.7 Å². The quantitative estimate of drug-likeness (QED) is 0.398. The normalized spacial score (nSPS) is 12.8. The maximum Gasteiger partial charge on any atom is 0.244 e. The molecule has 2 aromatic carbocycles. The van der Waals surface area contributed by atoms with Crippen LogP contribution in [0.2, 0.25) is 0 Å². The molecule has 37 heavy (non-hydrogen) atoms. The van der Waals surface area contributed by atoms with Crippen LogP contribution in [0.25, 0.3) is 0 Å². The average molecular weight is 534 g/mol. The van der Waals surface area contributed by atoms with Crippen molar-refractivity contribution in [3.05, 3.63) is 54.1 Å². The van der Waals surface area contributed by atoms with Gasteiger partial charge >= 0.3 is 0 Å². The third-order valence-corrected chi connectivity index (χ3v) is 7.13. The molecule has 1 N–H and O–H groups in total. The summed E-state index contributed by atoms with van der Waals surface area (Å²) in [6, 6.07) is 12.9. The van der Waals surface area contributed by atoms with Gasteiger partial charge in [-0.25, -0.2) is 8.42 Å². The van der Waals surface area contributed by atoms with Crippen LogP contribution >= 0.6 is 0 Å². The van der Waals surface area contributed by atoms with Crippen LogP contribution in [0.4, 0.5) is 5.69 Å². The van der Waals surface area contributed by atoms with Gasteiger partial charge in [-0.2, -0.15) is 0 Å². The first-order valence-electron chi connectivity index (χ1n) is 12.5. The maximum absolute atomic E-state index is 13.7. The smallest absolute Gasteiger partial charge is 0.244 e. The second kappa shape index (κ2) is 13.9. The molecule has 0 bridgehead atoms. The fraction of sp³-hybridized carbons (Fsp3) is 0.481. The first-order chi connectivity index (χ1) is 17.5. The van der Waals surface area contributed by atoms with Crippen molar-refractivity contribution >= 4 is 27.5 Å². The third kappa shape index (κ3) is 8.66. The number of hydrogen-bond acceptors (Lipinski definition) is 6. The highest BCUT2D eigenvalue weighted by atomic mass is 32.2. The molecule has 0 fully saturated rings.